The first-order chi connectivity index (χ1) is 8.60. The van der Waals surface area contributed by atoms with Crippen LogP contribution in [0.5, 0.6) is 0 Å². The van der Waals surface area contributed by atoms with E-state index in [1.54, 1.807) is 4.31 Å². The van der Waals surface area contributed by atoms with Crippen molar-refractivity contribution in [2.75, 3.05) is 31.9 Å². The lowest BCUT2D eigenvalue weighted by molar-refractivity contribution is 0.451. The van der Waals surface area contributed by atoms with Gasteiger partial charge in [0, 0.05) is 13.1 Å². The van der Waals surface area contributed by atoms with E-state index in [-0.39, 0.29) is 0 Å². The summed E-state index contributed by atoms with van der Waals surface area (Å²) in [5, 5.41) is 3.30. The number of unbranched alkanes of at least 4 members (excludes halogenated alkanes) is 1. The third kappa shape index (κ3) is 5.24. The lowest BCUT2D eigenvalue weighted by atomic mass is 10.1. The first kappa shape index (κ1) is 15.9. The van der Waals surface area contributed by atoms with Crippen molar-refractivity contribution in [3.05, 3.63) is 0 Å². The number of hydrogen-bond acceptors (Lipinski definition) is 3. The average molecular weight is 276 g/mol. The van der Waals surface area contributed by atoms with Gasteiger partial charge in [-0.2, -0.15) is 0 Å². The largest absolute Gasteiger partial charge is 0.317 e. The van der Waals surface area contributed by atoms with Crippen LogP contribution in [-0.2, 0) is 10.0 Å². The monoisotopic (exact) mass is 276 g/mol. The molecule has 0 amide bonds. The van der Waals surface area contributed by atoms with Gasteiger partial charge in [0.1, 0.15) is 0 Å². The Hall–Kier alpha value is -0.130. The molecule has 4 nitrogen and oxygen atoms in total. The fourth-order valence-electron chi connectivity index (χ4n) is 2.35. The highest BCUT2D eigenvalue weighted by Crippen LogP contribution is 2.22. The molecule has 1 rings (SSSR count). The van der Waals surface area contributed by atoms with Crippen molar-refractivity contribution in [1.82, 2.24) is 9.62 Å². The summed E-state index contributed by atoms with van der Waals surface area (Å²) in [5.74, 6) is 0.892. The van der Waals surface area contributed by atoms with Crippen LogP contribution in [0.15, 0.2) is 0 Å². The van der Waals surface area contributed by atoms with Crippen LogP contribution in [0.25, 0.3) is 0 Å². The van der Waals surface area contributed by atoms with Crippen molar-refractivity contribution < 1.29 is 8.42 Å². The van der Waals surface area contributed by atoms with E-state index in [0.29, 0.717) is 11.7 Å². The lowest BCUT2D eigenvalue weighted by Crippen LogP contribution is -2.31. The zero-order valence-electron chi connectivity index (χ0n) is 11.8. The standard InChI is InChI=1S/C13H28N2O2S/c1-3-8-14-9-5-6-11-18(16,17)15-10-7-13(4-2)12-15/h13-14H,3-12H2,1-2H3. The smallest absolute Gasteiger partial charge is 0.214 e. The van der Waals surface area contributed by atoms with E-state index in [2.05, 4.69) is 19.2 Å². The second-order valence-corrected chi connectivity index (χ2v) is 7.28. The quantitative estimate of drug-likeness (QED) is 0.654. The molecule has 1 aliphatic rings. The molecule has 0 spiro atoms. The van der Waals surface area contributed by atoms with Crippen molar-refractivity contribution in [3.8, 4) is 0 Å². The third-order valence-electron chi connectivity index (χ3n) is 3.65. The Labute approximate surface area is 112 Å². The topological polar surface area (TPSA) is 49.4 Å². The zero-order chi connectivity index (χ0) is 13.4. The molecule has 108 valence electrons. The van der Waals surface area contributed by atoms with Crippen molar-refractivity contribution in [2.24, 2.45) is 5.92 Å². The maximum atomic E-state index is 12.1. The Morgan fingerprint density at radius 2 is 2.00 bits per heavy atom. The van der Waals surface area contributed by atoms with Crippen LogP contribution in [0.2, 0.25) is 0 Å². The molecule has 1 N–H and O–H groups in total. The van der Waals surface area contributed by atoms with Gasteiger partial charge in [0.05, 0.1) is 5.75 Å². The highest BCUT2D eigenvalue weighted by molar-refractivity contribution is 7.89. The molecular weight excluding hydrogens is 248 g/mol. The summed E-state index contributed by atoms with van der Waals surface area (Å²) in [5.41, 5.74) is 0. The van der Waals surface area contributed by atoms with Crippen LogP contribution < -0.4 is 5.32 Å². The Morgan fingerprint density at radius 1 is 1.22 bits per heavy atom. The van der Waals surface area contributed by atoms with Gasteiger partial charge in [-0.15, -0.1) is 0 Å². The minimum absolute atomic E-state index is 0.317. The molecule has 1 heterocycles. The van der Waals surface area contributed by atoms with Gasteiger partial charge in [0.2, 0.25) is 10.0 Å². The predicted octanol–water partition coefficient (Wildman–Crippen LogP) is 1.83. The summed E-state index contributed by atoms with van der Waals surface area (Å²) >= 11 is 0. The molecule has 0 aromatic heterocycles. The van der Waals surface area contributed by atoms with Crippen molar-refractivity contribution >= 4 is 10.0 Å². The molecule has 0 bridgehead atoms. The molecule has 1 atom stereocenters. The average Bonchev–Trinajstić information content (AvgIpc) is 2.83. The number of nitrogens with zero attached hydrogens (tertiary/aromatic N) is 1. The summed E-state index contributed by atoms with van der Waals surface area (Å²) in [6.45, 7) is 7.70. The second-order valence-electron chi connectivity index (χ2n) is 5.19. The maximum absolute atomic E-state index is 12.1. The molecule has 1 saturated heterocycles. The van der Waals surface area contributed by atoms with E-state index in [9.17, 15) is 8.42 Å². The molecule has 5 heteroatoms. The van der Waals surface area contributed by atoms with E-state index in [0.717, 1.165) is 58.3 Å². The molecule has 1 unspecified atom stereocenters. The van der Waals surface area contributed by atoms with Gasteiger partial charge in [-0.05, 0) is 44.7 Å². The number of sulfonamides is 1. The minimum Gasteiger partial charge on any atom is -0.317 e. The van der Waals surface area contributed by atoms with Crippen LogP contribution in [0.3, 0.4) is 0 Å². The summed E-state index contributed by atoms with van der Waals surface area (Å²) in [4.78, 5) is 0. The third-order valence-corrected chi connectivity index (χ3v) is 5.57. The van der Waals surface area contributed by atoms with Crippen LogP contribution in [0.1, 0.15) is 46.0 Å². The summed E-state index contributed by atoms with van der Waals surface area (Å²) in [6.07, 6.45) is 4.97. The zero-order valence-corrected chi connectivity index (χ0v) is 12.6. The van der Waals surface area contributed by atoms with Crippen molar-refractivity contribution in [1.29, 1.82) is 0 Å². The van der Waals surface area contributed by atoms with Crippen LogP contribution in [0.4, 0.5) is 0 Å². The van der Waals surface area contributed by atoms with Gasteiger partial charge < -0.3 is 5.32 Å². The van der Waals surface area contributed by atoms with Crippen LogP contribution in [-0.4, -0.2) is 44.7 Å². The fourth-order valence-corrected chi connectivity index (χ4v) is 4.00. The van der Waals surface area contributed by atoms with Gasteiger partial charge >= 0.3 is 0 Å². The minimum atomic E-state index is -2.99. The molecule has 1 fully saturated rings. The van der Waals surface area contributed by atoms with Crippen molar-refractivity contribution in [2.45, 2.75) is 46.0 Å². The molecular formula is C13H28N2O2S. The predicted molar refractivity (Wildman–Crippen MR) is 76.2 cm³/mol. The van der Waals surface area contributed by atoms with E-state index in [1.807, 2.05) is 0 Å². The Balaban J connectivity index is 2.20. The highest BCUT2D eigenvalue weighted by atomic mass is 32.2. The molecule has 0 aliphatic carbocycles. The first-order valence-electron chi connectivity index (χ1n) is 7.28. The molecule has 1 aliphatic heterocycles. The summed E-state index contributed by atoms with van der Waals surface area (Å²) < 4.78 is 25.9. The van der Waals surface area contributed by atoms with Crippen LogP contribution >= 0.6 is 0 Å². The van der Waals surface area contributed by atoms with Gasteiger partial charge in [-0.3, -0.25) is 0 Å². The van der Waals surface area contributed by atoms with Gasteiger partial charge in [0.25, 0.3) is 0 Å². The molecule has 18 heavy (non-hydrogen) atoms. The molecule has 0 radical (unpaired) electrons. The van der Waals surface area contributed by atoms with E-state index >= 15 is 0 Å². The van der Waals surface area contributed by atoms with Gasteiger partial charge in [0.15, 0.2) is 0 Å². The number of hydrogen-bond donors (Lipinski definition) is 1. The van der Waals surface area contributed by atoms with Crippen LogP contribution in [0, 0.1) is 5.92 Å². The lowest BCUT2D eigenvalue weighted by Gasteiger charge is -2.16. The first-order valence-corrected chi connectivity index (χ1v) is 8.89. The normalized spacial score (nSPS) is 21.6. The fraction of sp³-hybridized carbons (Fsp3) is 1.00. The van der Waals surface area contributed by atoms with E-state index in [4.69, 9.17) is 0 Å². The van der Waals surface area contributed by atoms with E-state index < -0.39 is 10.0 Å². The molecule has 0 saturated carbocycles. The number of nitrogens with one attached hydrogen (secondary N) is 1. The SMILES string of the molecule is CCCNCCCCS(=O)(=O)N1CCC(CC)C1. The molecule has 0 aromatic rings. The van der Waals surface area contributed by atoms with Crippen molar-refractivity contribution in [3.63, 3.8) is 0 Å². The number of rotatable bonds is 9. The molecule has 0 aromatic carbocycles. The Morgan fingerprint density at radius 3 is 2.61 bits per heavy atom. The Kier molecular flexibility index (Phi) is 7.19. The maximum Gasteiger partial charge on any atom is 0.214 e. The second kappa shape index (κ2) is 8.12. The summed E-state index contributed by atoms with van der Waals surface area (Å²) in [7, 11) is -2.99. The highest BCUT2D eigenvalue weighted by Gasteiger charge is 2.29. The van der Waals surface area contributed by atoms with E-state index in [1.165, 1.54) is 0 Å². The summed E-state index contributed by atoms with van der Waals surface area (Å²) in [6, 6.07) is 0. The Bertz CT molecular complexity index is 317. The van der Waals surface area contributed by atoms with Gasteiger partial charge in [-0.1, -0.05) is 20.3 Å². The van der Waals surface area contributed by atoms with Gasteiger partial charge in [-0.25, -0.2) is 12.7 Å².